The maximum atomic E-state index is 12.0. The van der Waals surface area contributed by atoms with E-state index in [2.05, 4.69) is 15.5 Å². The van der Waals surface area contributed by atoms with Crippen molar-refractivity contribution in [3.05, 3.63) is 54.6 Å². The molecule has 24 heavy (non-hydrogen) atoms. The van der Waals surface area contributed by atoms with E-state index in [0.29, 0.717) is 11.8 Å². The number of amides is 1. The number of carbonyl (C=O) groups is 1. The molecule has 122 valence electrons. The SMILES string of the molecule is CC(C)(C)C(=O)Nc1ccc(-c2nnc(-c3ccccc3)o2)cc1. The third kappa shape index (κ3) is 3.51. The van der Waals surface area contributed by atoms with Crippen LogP contribution in [0.2, 0.25) is 0 Å². The van der Waals surface area contributed by atoms with Crippen LogP contribution in [0.15, 0.2) is 59.0 Å². The Morgan fingerprint density at radius 1 is 0.875 bits per heavy atom. The van der Waals surface area contributed by atoms with E-state index in [4.69, 9.17) is 4.42 Å². The van der Waals surface area contributed by atoms with Crippen LogP contribution in [0.5, 0.6) is 0 Å². The molecular weight excluding hydrogens is 302 g/mol. The average molecular weight is 321 g/mol. The highest BCUT2D eigenvalue weighted by molar-refractivity contribution is 5.94. The van der Waals surface area contributed by atoms with E-state index in [-0.39, 0.29) is 5.91 Å². The molecule has 1 heterocycles. The average Bonchev–Trinajstić information content (AvgIpc) is 3.05. The van der Waals surface area contributed by atoms with E-state index in [0.717, 1.165) is 16.8 Å². The molecule has 0 aliphatic rings. The predicted molar refractivity (Wildman–Crippen MR) is 93.3 cm³/mol. The summed E-state index contributed by atoms with van der Waals surface area (Å²) in [5, 5.41) is 11.1. The van der Waals surface area contributed by atoms with Gasteiger partial charge in [-0.1, -0.05) is 39.0 Å². The first-order valence-corrected chi connectivity index (χ1v) is 7.74. The second kappa shape index (κ2) is 6.28. The molecule has 0 radical (unpaired) electrons. The first kappa shape index (κ1) is 15.9. The highest BCUT2D eigenvalue weighted by Crippen LogP contribution is 2.25. The van der Waals surface area contributed by atoms with Gasteiger partial charge in [0.05, 0.1) is 0 Å². The summed E-state index contributed by atoms with van der Waals surface area (Å²) in [6, 6.07) is 17.0. The van der Waals surface area contributed by atoms with Gasteiger partial charge in [-0.15, -0.1) is 10.2 Å². The number of carbonyl (C=O) groups excluding carboxylic acids is 1. The van der Waals surface area contributed by atoms with E-state index in [1.807, 2.05) is 75.4 Å². The number of nitrogens with one attached hydrogen (secondary N) is 1. The lowest BCUT2D eigenvalue weighted by Crippen LogP contribution is -2.27. The van der Waals surface area contributed by atoms with Crippen molar-refractivity contribution < 1.29 is 9.21 Å². The molecule has 3 aromatic rings. The van der Waals surface area contributed by atoms with E-state index < -0.39 is 5.41 Å². The summed E-state index contributed by atoms with van der Waals surface area (Å²) in [7, 11) is 0. The van der Waals surface area contributed by atoms with Crippen molar-refractivity contribution in [2.45, 2.75) is 20.8 Å². The summed E-state index contributed by atoms with van der Waals surface area (Å²) < 4.78 is 5.72. The Hall–Kier alpha value is -2.95. The monoisotopic (exact) mass is 321 g/mol. The number of hydrogen-bond acceptors (Lipinski definition) is 4. The van der Waals surface area contributed by atoms with Gasteiger partial charge in [-0.05, 0) is 36.4 Å². The van der Waals surface area contributed by atoms with Crippen LogP contribution in [-0.2, 0) is 4.79 Å². The third-order valence-corrected chi connectivity index (χ3v) is 3.52. The first-order chi connectivity index (χ1) is 11.4. The van der Waals surface area contributed by atoms with E-state index in [9.17, 15) is 4.79 Å². The van der Waals surface area contributed by atoms with E-state index >= 15 is 0 Å². The van der Waals surface area contributed by atoms with Gasteiger partial charge < -0.3 is 9.73 Å². The van der Waals surface area contributed by atoms with Gasteiger partial charge in [0.1, 0.15) is 0 Å². The number of hydrogen-bond donors (Lipinski definition) is 1. The van der Waals surface area contributed by atoms with Crippen LogP contribution in [0.1, 0.15) is 20.8 Å². The van der Waals surface area contributed by atoms with E-state index in [1.54, 1.807) is 0 Å². The Kier molecular flexibility index (Phi) is 4.16. The Morgan fingerprint density at radius 3 is 1.96 bits per heavy atom. The van der Waals surface area contributed by atoms with Crippen molar-refractivity contribution in [1.29, 1.82) is 0 Å². The van der Waals surface area contributed by atoms with Crippen LogP contribution in [0.4, 0.5) is 5.69 Å². The summed E-state index contributed by atoms with van der Waals surface area (Å²) >= 11 is 0. The highest BCUT2D eigenvalue weighted by atomic mass is 16.4. The number of rotatable bonds is 3. The maximum absolute atomic E-state index is 12.0. The number of anilines is 1. The van der Waals surface area contributed by atoms with Crippen molar-refractivity contribution in [2.24, 2.45) is 5.41 Å². The van der Waals surface area contributed by atoms with Gasteiger partial charge in [0, 0.05) is 22.2 Å². The second-order valence-electron chi connectivity index (χ2n) is 6.56. The molecule has 0 bridgehead atoms. The number of benzene rings is 2. The summed E-state index contributed by atoms with van der Waals surface area (Å²) in [4.78, 5) is 12.0. The fraction of sp³-hybridized carbons (Fsp3) is 0.211. The predicted octanol–water partition coefficient (Wildman–Crippen LogP) is 4.39. The van der Waals surface area contributed by atoms with Gasteiger partial charge in [-0.25, -0.2) is 0 Å². The van der Waals surface area contributed by atoms with Crippen LogP contribution >= 0.6 is 0 Å². The lowest BCUT2D eigenvalue weighted by Gasteiger charge is -2.17. The van der Waals surface area contributed by atoms with Crippen LogP contribution < -0.4 is 5.32 Å². The molecule has 0 aliphatic carbocycles. The first-order valence-electron chi connectivity index (χ1n) is 7.74. The molecule has 1 N–H and O–H groups in total. The topological polar surface area (TPSA) is 68.0 Å². The zero-order valence-corrected chi connectivity index (χ0v) is 13.9. The van der Waals surface area contributed by atoms with Crippen molar-refractivity contribution in [3.63, 3.8) is 0 Å². The number of aromatic nitrogens is 2. The zero-order valence-electron chi connectivity index (χ0n) is 13.9. The Bertz CT molecular complexity index is 831. The van der Waals surface area contributed by atoms with Crippen LogP contribution in [0.3, 0.4) is 0 Å². The van der Waals surface area contributed by atoms with Gasteiger partial charge in [0.25, 0.3) is 0 Å². The van der Waals surface area contributed by atoms with E-state index in [1.165, 1.54) is 0 Å². The van der Waals surface area contributed by atoms with Gasteiger partial charge in [0.15, 0.2) is 0 Å². The maximum Gasteiger partial charge on any atom is 0.248 e. The molecule has 5 heteroatoms. The fourth-order valence-electron chi connectivity index (χ4n) is 2.05. The van der Waals surface area contributed by atoms with Crippen LogP contribution in [0, 0.1) is 5.41 Å². The molecule has 0 aliphatic heterocycles. The molecule has 5 nitrogen and oxygen atoms in total. The standard InChI is InChI=1S/C19H19N3O2/c1-19(2,3)18(23)20-15-11-9-14(10-12-15)17-22-21-16(24-17)13-7-5-4-6-8-13/h4-12H,1-3H3,(H,20,23). The summed E-state index contributed by atoms with van der Waals surface area (Å²) in [5.74, 6) is 0.901. The molecule has 2 aromatic carbocycles. The van der Waals surface area contributed by atoms with Gasteiger partial charge in [0.2, 0.25) is 17.7 Å². The van der Waals surface area contributed by atoms with Gasteiger partial charge in [-0.2, -0.15) is 0 Å². The van der Waals surface area contributed by atoms with Gasteiger partial charge in [-0.3, -0.25) is 4.79 Å². The van der Waals surface area contributed by atoms with Crippen molar-refractivity contribution in [2.75, 3.05) is 5.32 Å². The molecule has 0 fully saturated rings. The minimum absolute atomic E-state index is 0.0283. The molecule has 1 amide bonds. The van der Waals surface area contributed by atoms with Crippen LogP contribution in [-0.4, -0.2) is 16.1 Å². The van der Waals surface area contributed by atoms with Crippen molar-refractivity contribution >= 4 is 11.6 Å². The summed E-state index contributed by atoms with van der Waals surface area (Å²) in [6.45, 7) is 5.63. The minimum Gasteiger partial charge on any atom is -0.416 e. The molecule has 3 rings (SSSR count). The lowest BCUT2D eigenvalue weighted by molar-refractivity contribution is -0.123. The Morgan fingerprint density at radius 2 is 1.42 bits per heavy atom. The van der Waals surface area contributed by atoms with Crippen molar-refractivity contribution in [1.82, 2.24) is 10.2 Å². The highest BCUT2D eigenvalue weighted by Gasteiger charge is 2.21. The molecule has 0 atom stereocenters. The quantitative estimate of drug-likeness (QED) is 0.777. The molecule has 1 aromatic heterocycles. The second-order valence-corrected chi connectivity index (χ2v) is 6.56. The molecule has 0 saturated carbocycles. The lowest BCUT2D eigenvalue weighted by atomic mass is 9.95. The number of nitrogens with zero attached hydrogens (tertiary/aromatic N) is 2. The minimum atomic E-state index is -0.435. The van der Waals surface area contributed by atoms with Crippen LogP contribution in [0.25, 0.3) is 22.9 Å². The summed E-state index contributed by atoms with van der Waals surface area (Å²) in [6.07, 6.45) is 0. The molecule has 0 unspecified atom stereocenters. The third-order valence-electron chi connectivity index (χ3n) is 3.52. The summed E-state index contributed by atoms with van der Waals surface area (Å²) in [5.41, 5.74) is 1.99. The zero-order chi connectivity index (χ0) is 17.2. The fourth-order valence-corrected chi connectivity index (χ4v) is 2.05. The largest absolute Gasteiger partial charge is 0.416 e. The molecule has 0 spiro atoms. The molecule has 0 saturated heterocycles. The van der Waals surface area contributed by atoms with Crippen molar-refractivity contribution in [3.8, 4) is 22.9 Å². The van der Waals surface area contributed by atoms with Gasteiger partial charge >= 0.3 is 0 Å². The molecular formula is C19H19N3O2. The smallest absolute Gasteiger partial charge is 0.248 e. The Balaban J connectivity index is 1.77. The normalized spacial score (nSPS) is 11.3. The Labute approximate surface area is 140 Å².